The lowest BCUT2D eigenvalue weighted by Crippen LogP contribution is -2.00. The summed E-state index contributed by atoms with van der Waals surface area (Å²) in [6.07, 6.45) is 0. The van der Waals surface area contributed by atoms with E-state index in [1.54, 1.807) is 11.3 Å². The summed E-state index contributed by atoms with van der Waals surface area (Å²) in [5, 5.41) is 4.95. The Morgan fingerprint density at radius 3 is 2.76 bits per heavy atom. The van der Waals surface area contributed by atoms with E-state index in [0.717, 1.165) is 19.6 Å². The number of nitrogens with one attached hydrogen (secondary N) is 1. The van der Waals surface area contributed by atoms with Crippen molar-refractivity contribution in [2.24, 2.45) is 0 Å². The summed E-state index contributed by atoms with van der Waals surface area (Å²) in [7, 11) is 0. The van der Waals surface area contributed by atoms with Crippen molar-refractivity contribution < 1.29 is 0 Å². The van der Waals surface area contributed by atoms with Gasteiger partial charge in [0.15, 0.2) is 0 Å². The van der Waals surface area contributed by atoms with Crippen LogP contribution in [0.4, 0.5) is 17.5 Å². The molecule has 2 heterocycles. The van der Waals surface area contributed by atoms with Crippen molar-refractivity contribution in [3.05, 3.63) is 37.6 Å². The van der Waals surface area contributed by atoms with E-state index in [1.807, 2.05) is 25.1 Å². The fourth-order valence-electron chi connectivity index (χ4n) is 1.90. The van der Waals surface area contributed by atoms with Crippen LogP contribution in [0.2, 0.25) is 10.0 Å². The summed E-state index contributed by atoms with van der Waals surface area (Å²) in [5.74, 6) is 0.827. The third kappa shape index (κ3) is 2.81. The minimum absolute atomic E-state index is 0.214. The lowest BCUT2D eigenvalue weighted by atomic mass is 10.3. The lowest BCUT2D eigenvalue weighted by Gasteiger charge is -2.11. The maximum Gasteiger partial charge on any atom is 0.223 e. The summed E-state index contributed by atoms with van der Waals surface area (Å²) in [6, 6.07) is 5.65. The first-order valence-corrected chi connectivity index (χ1v) is 8.26. The van der Waals surface area contributed by atoms with Crippen molar-refractivity contribution in [1.29, 1.82) is 0 Å². The molecule has 3 rings (SSSR count). The molecule has 0 radical (unpaired) electrons. The number of nitrogens with two attached hydrogens (primary N) is 1. The molecule has 0 aliphatic heterocycles. The first-order valence-electron chi connectivity index (χ1n) is 5.90. The Kier molecular flexibility index (Phi) is 3.96. The molecule has 3 aromatic rings. The standard InChI is InChI=1S/C13H9BrCl2N4S/c1-5-4-6-11(19-13(17)20-12(6)21-5)18-8-3-2-7(14)9(15)10(8)16/h2-4H,1H3,(H3,17,18,19,20). The van der Waals surface area contributed by atoms with Crippen molar-refractivity contribution in [2.45, 2.75) is 6.92 Å². The summed E-state index contributed by atoms with van der Waals surface area (Å²) < 4.78 is 0.735. The zero-order valence-corrected chi connectivity index (χ0v) is 14.7. The van der Waals surface area contributed by atoms with Gasteiger partial charge in [-0.2, -0.15) is 4.98 Å². The topological polar surface area (TPSA) is 63.8 Å². The van der Waals surface area contributed by atoms with E-state index >= 15 is 0 Å². The Morgan fingerprint density at radius 1 is 1.24 bits per heavy atom. The number of rotatable bonds is 2. The van der Waals surface area contributed by atoms with Crippen molar-refractivity contribution in [1.82, 2.24) is 9.97 Å². The number of thiophene rings is 1. The lowest BCUT2D eigenvalue weighted by molar-refractivity contribution is 1.24. The molecular weight excluding hydrogens is 395 g/mol. The van der Waals surface area contributed by atoms with Gasteiger partial charge in [0.2, 0.25) is 5.95 Å². The highest BCUT2D eigenvalue weighted by Gasteiger charge is 2.13. The van der Waals surface area contributed by atoms with E-state index in [1.165, 1.54) is 0 Å². The molecule has 0 bridgehead atoms. The average Bonchev–Trinajstić information content (AvgIpc) is 2.79. The number of hydrogen-bond acceptors (Lipinski definition) is 5. The molecule has 0 saturated heterocycles. The smallest absolute Gasteiger partial charge is 0.223 e. The number of nitrogens with zero attached hydrogens (tertiary/aromatic N) is 2. The van der Waals surface area contributed by atoms with Gasteiger partial charge in [-0.1, -0.05) is 23.2 Å². The SMILES string of the molecule is Cc1cc2c(Nc3ccc(Br)c(Cl)c3Cl)nc(N)nc2s1. The predicted molar refractivity (Wildman–Crippen MR) is 94.0 cm³/mol. The normalized spacial score (nSPS) is 11.0. The molecule has 0 fully saturated rings. The van der Waals surface area contributed by atoms with E-state index in [0.29, 0.717) is 21.6 Å². The highest BCUT2D eigenvalue weighted by molar-refractivity contribution is 9.10. The van der Waals surface area contributed by atoms with Crippen molar-refractivity contribution in [3.63, 3.8) is 0 Å². The van der Waals surface area contributed by atoms with E-state index in [-0.39, 0.29) is 5.95 Å². The van der Waals surface area contributed by atoms with Gasteiger partial charge in [0.25, 0.3) is 0 Å². The van der Waals surface area contributed by atoms with Gasteiger partial charge in [0.1, 0.15) is 10.6 Å². The molecule has 0 spiro atoms. The van der Waals surface area contributed by atoms with Crippen LogP contribution in [0.1, 0.15) is 4.88 Å². The number of hydrogen-bond donors (Lipinski definition) is 2. The molecular formula is C13H9BrCl2N4S. The first kappa shape index (κ1) is 14.8. The summed E-state index contributed by atoms with van der Waals surface area (Å²) >= 11 is 17.3. The van der Waals surface area contributed by atoms with Gasteiger partial charge in [-0.05, 0) is 41.1 Å². The molecule has 4 nitrogen and oxygen atoms in total. The predicted octanol–water partition coefficient (Wildman–Crippen LogP) is 5.39. The van der Waals surface area contributed by atoms with Crippen LogP contribution in [-0.2, 0) is 0 Å². The second-order valence-corrected chi connectivity index (χ2v) is 7.20. The largest absolute Gasteiger partial charge is 0.368 e. The van der Waals surface area contributed by atoms with Crippen molar-refractivity contribution in [2.75, 3.05) is 11.1 Å². The molecule has 0 amide bonds. The molecule has 1 aromatic carbocycles. The highest BCUT2D eigenvalue weighted by Crippen LogP contribution is 2.38. The van der Waals surface area contributed by atoms with Crippen LogP contribution in [0.5, 0.6) is 0 Å². The number of aryl methyl sites for hydroxylation is 1. The molecule has 0 aliphatic carbocycles. The van der Waals surface area contributed by atoms with Crippen LogP contribution >= 0.6 is 50.5 Å². The Labute approximate surface area is 143 Å². The molecule has 0 atom stereocenters. The van der Waals surface area contributed by atoms with Gasteiger partial charge in [-0.3, -0.25) is 0 Å². The Bertz CT molecular complexity index is 850. The molecule has 2 aromatic heterocycles. The van der Waals surface area contributed by atoms with Crippen LogP contribution in [0, 0.1) is 6.92 Å². The number of aromatic nitrogens is 2. The van der Waals surface area contributed by atoms with Crippen LogP contribution < -0.4 is 11.1 Å². The van der Waals surface area contributed by atoms with Crippen LogP contribution in [0.25, 0.3) is 10.2 Å². The molecule has 0 unspecified atom stereocenters. The van der Waals surface area contributed by atoms with Gasteiger partial charge in [-0.15, -0.1) is 11.3 Å². The van der Waals surface area contributed by atoms with E-state index in [9.17, 15) is 0 Å². The van der Waals surface area contributed by atoms with Crippen LogP contribution in [0.3, 0.4) is 0 Å². The van der Waals surface area contributed by atoms with Gasteiger partial charge in [-0.25, -0.2) is 4.98 Å². The highest BCUT2D eigenvalue weighted by atomic mass is 79.9. The monoisotopic (exact) mass is 402 g/mol. The van der Waals surface area contributed by atoms with Crippen molar-refractivity contribution >= 4 is 78.1 Å². The van der Waals surface area contributed by atoms with E-state index in [2.05, 4.69) is 31.2 Å². The van der Waals surface area contributed by atoms with E-state index in [4.69, 9.17) is 28.9 Å². The maximum atomic E-state index is 6.25. The molecule has 0 saturated carbocycles. The molecule has 8 heteroatoms. The van der Waals surface area contributed by atoms with Gasteiger partial charge < -0.3 is 11.1 Å². The molecule has 21 heavy (non-hydrogen) atoms. The third-order valence-electron chi connectivity index (χ3n) is 2.82. The van der Waals surface area contributed by atoms with Crippen molar-refractivity contribution in [3.8, 4) is 0 Å². The van der Waals surface area contributed by atoms with Gasteiger partial charge in [0, 0.05) is 9.35 Å². The molecule has 108 valence electrons. The summed E-state index contributed by atoms with van der Waals surface area (Å²) in [5.41, 5.74) is 6.42. The Balaban J connectivity index is 2.12. The number of fused-ring (bicyclic) bond motifs is 1. The zero-order valence-electron chi connectivity index (χ0n) is 10.7. The average molecular weight is 404 g/mol. The minimum atomic E-state index is 0.214. The minimum Gasteiger partial charge on any atom is -0.368 e. The molecule has 3 N–H and O–H groups in total. The number of nitrogen functional groups attached to an aromatic ring is 1. The third-order valence-corrected chi connectivity index (χ3v) is 5.54. The second kappa shape index (κ2) is 5.61. The van der Waals surface area contributed by atoms with Gasteiger partial charge >= 0.3 is 0 Å². The first-order chi connectivity index (χ1) is 9.95. The Hall–Kier alpha value is -1.08. The fraction of sp³-hybridized carbons (Fsp3) is 0.0769. The van der Waals surface area contributed by atoms with Crippen LogP contribution in [0.15, 0.2) is 22.7 Å². The quantitative estimate of drug-likeness (QED) is 0.562. The van der Waals surface area contributed by atoms with E-state index < -0.39 is 0 Å². The summed E-state index contributed by atoms with van der Waals surface area (Å²) in [4.78, 5) is 10.5. The fourth-order valence-corrected chi connectivity index (χ4v) is 3.61. The van der Waals surface area contributed by atoms with Crippen LogP contribution in [-0.4, -0.2) is 9.97 Å². The number of halogens is 3. The zero-order chi connectivity index (χ0) is 15.1. The maximum absolute atomic E-state index is 6.25. The Morgan fingerprint density at radius 2 is 2.00 bits per heavy atom. The summed E-state index contributed by atoms with van der Waals surface area (Å²) in [6.45, 7) is 2.01. The molecule has 0 aliphatic rings. The van der Waals surface area contributed by atoms with Gasteiger partial charge in [0.05, 0.1) is 21.1 Å². The second-order valence-electron chi connectivity index (χ2n) is 4.35. The number of benzene rings is 1. The number of anilines is 3.